The second-order valence-corrected chi connectivity index (χ2v) is 6.51. The van der Waals surface area contributed by atoms with E-state index in [-0.39, 0.29) is 18.0 Å². The average Bonchev–Trinajstić information content (AvgIpc) is 2.41. The lowest BCUT2D eigenvalue weighted by atomic mass is 9.87. The smallest absolute Gasteiger partial charge is 0.317 e. The molecule has 2 atom stereocenters. The van der Waals surface area contributed by atoms with Gasteiger partial charge in [0.25, 0.3) is 0 Å². The van der Waals surface area contributed by atoms with E-state index >= 15 is 0 Å². The van der Waals surface area contributed by atoms with Crippen LogP contribution in [0.15, 0.2) is 0 Å². The number of likely N-dealkylation sites (tertiary alicyclic amines) is 1. The van der Waals surface area contributed by atoms with Gasteiger partial charge in [0, 0.05) is 18.6 Å². The fourth-order valence-electron chi connectivity index (χ4n) is 3.36. The number of aliphatic carboxylic acids is 1. The number of hydrogen-bond acceptors (Lipinski definition) is 2. The summed E-state index contributed by atoms with van der Waals surface area (Å²) < 4.78 is 0. The molecule has 0 aromatic heterocycles. The summed E-state index contributed by atoms with van der Waals surface area (Å²) >= 11 is 0. The fraction of sp³-hybridized carbons (Fsp3) is 0.867. The maximum Gasteiger partial charge on any atom is 0.317 e. The van der Waals surface area contributed by atoms with Crippen LogP contribution in [0.5, 0.6) is 0 Å². The van der Waals surface area contributed by atoms with E-state index in [4.69, 9.17) is 5.11 Å². The van der Waals surface area contributed by atoms with Crippen molar-refractivity contribution in [1.82, 2.24) is 10.2 Å². The second kappa shape index (κ2) is 6.46. The van der Waals surface area contributed by atoms with Gasteiger partial charge in [-0.15, -0.1) is 0 Å². The van der Waals surface area contributed by atoms with Crippen LogP contribution in [0.2, 0.25) is 0 Å². The van der Waals surface area contributed by atoms with E-state index < -0.39 is 5.97 Å². The molecule has 2 rings (SSSR count). The number of carboxylic acids is 1. The van der Waals surface area contributed by atoms with Gasteiger partial charge in [-0.1, -0.05) is 6.92 Å². The van der Waals surface area contributed by atoms with Crippen molar-refractivity contribution in [2.45, 2.75) is 64.5 Å². The number of nitrogens with zero attached hydrogens (tertiary/aromatic N) is 1. The summed E-state index contributed by atoms with van der Waals surface area (Å²) in [6.07, 6.45) is 5.61. The fourth-order valence-corrected chi connectivity index (χ4v) is 3.36. The van der Waals surface area contributed by atoms with Crippen molar-refractivity contribution in [3.63, 3.8) is 0 Å². The average molecular weight is 282 g/mol. The van der Waals surface area contributed by atoms with E-state index in [1.807, 2.05) is 6.92 Å². The highest BCUT2D eigenvalue weighted by Crippen LogP contribution is 2.25. The van der Waals surface area contributed by atoms with E-state index in [1.165, 1.54) is 12.8 Å². The van der Waals surface area contributed by atoms with Gasteiger partial charge in [-0.05, 0) is 51.4 Å². The zero-order chi connectivity index (χ0) is 14.7. The van der Waals surface area contributed by atoms with Gasteiger partial charge in [-0.2, -0.15) is 0 Å². The van der Waals surface area contributed by atoms with Crippen molar-refractivity contribution in [2.24, 2.45) is 11.8 Å². The third-order valence-electron chi connectivity index (χ3n) is 4.83. The molecule has 1 aliphatic carbocycles. The Bertz CT molecular complexity index is 364. The third kappa shape index (κ3) is 3.64. The number of hydrogen-bond donors (Lipinski definition) is 2. The van der Waals surface area contributed by atoms with Crippen molar-refractivity contribution in [2.75, 3.05) is 6.54 Å². The van der Waals surface area contributed by atoms with Crippen molar-refractivity contribution in [1.29, 1.82) is 0 Å². The highest BCUT2D eigenvalue weighted by Gasteiger charge is 2.33. The topological polar surface area (TPSA) is 69.6 Å². The molecule has 2 N–H and O–H groups in total. The van der Waals surface area contributed by atoms with Gasteiger partial charge in [-0.25, -0.2) is 4.79 Å². The highest BCUT2D eigenvalue weighted by molar-refractivity contribution is 5.76. The van der Waals surface area contributed by atoms with Crippen LogP contribution in [0.4, 0.5) is 4.79 Å². The largest absolute Gasteiger partial charge is 0.481 e. The molecule has 1 aliphatic heterocycles. The molecule has 2 unspecified atom stereocenters. The number of rotatable bonds is 2. The second-order valence-electron chi connectivity index (χ2n) is 6.51. The molecule has 2 fully saturated rings. The van der Waals surface area contributed by atoms with E-state index in [9.17, 15) is 9.59 Å². The van der Waals surface area contributed by atoms with Crippen LogP contribution >= 0.6 is 0 Å². The van der Waals surface area contributed by atoms with Gasteiger partial charge in [0.05, 0.1) is 5.92 Å². The molecule has 1 saturated carbocycles. The molecule has 0 spiro atoms. The minimum absolute atomic E-state index is 0.00682. The Balaban J connectivity index is 1.82. The van der Waals surface area contributed by atoms with Gasteiger partial charge < -0.3 is 15.3 Å². The Morgan fingerprint density at radius 3 is 2.30 bits per heavy atom. The first-order valence-corrected chi connectivity index (χ1v) is 7.77. The first-order chi connectivity index (χ1) is 9.47. The molecule has 1 heterocycles. The molecule has 0 aromatic rings. The lowest BCUT2D eigenvalue weighted by molar-refractivity contribution is -0.143. The maximum atomic E-state index is 12.3. The van der Waals surface area contributed by atoms with E-state index in [0.717, 1.165) is 18.8 Å². The summed E-state index contributed by atoms with van der Waals surface area (Å²) in [4.78, 5) is 25.1. The van der Waals surface area contributed by atoms with E-state index in [1.54, 1.807) is 4.90 Å². The lowest BCUT2D eigenvalue weighted by Crippen LogP contribution is -2.52. The minimum atomic E-state index is -0.738. The molecular formula is C15H26N2O3. The summed E-state index contributed by atoms with van der Waals surface area (Å²) in [7, 11) is 0. The van der Waals surface area contributed by atoms with Crippen LogP contribution in [-0.4, -0.2) is 40.6 Å². The van der Waals surface area contributed by atoms with Gasteiger partial charge in [0.1, 0.15) is 0 Å². The standard InChI is InChI=1S/C15H26N2O3/c1-10-3-5-13(6-4-10)16-15(20)17-8-7-12(14(18)19)9-11(17)2/h10-13H,3-9H2,1-2H3,(H,16,20)(H,18,19). The molecule has 2 aliphatic rings. The number of piperidine rings is 1. The minimum Gasteiger partial charge on any atom is -0.481 e. The molecule has 0 aromatic carbocycles. The summed E-state index contributed by atoms with van der Waals surface area (Å²) in [5.41, 5.74) is 0. The molecule has 5 nitrogen and oxygen atoms in total. The van der Waals surface area contributed by atoms with E-state index in [0.29, 0.717) is 25.4 Å². The maximum absolute atomic E-state index is 12.3. The van der Waals surface area contributed by atoms with Crippen molar-refractivity contribution in [3.8, 4) is 0 Å². The molecular weight excluding hydrogens is 256 g/mol. The molecule has 5 heteroatoms. The third-order valence-corrected chi connectivity index (χ3v) is 4.83. The first kappa shape index (κ1) is 15.1. The zero-order valence-electron chi connectivity index (χ0n) is 12.5. The van der Waals surface area contributed by atoms with E-state index in [2.05, 4.69) is 12.2 Å². The van der Waals surface area contributed by atoms with Gasteiger partial charge >= 0.3 is 12.0 Å². The quantitative estimate of drug-likeness (QED) is 0.817. The molecule has 0 bridgehead atoms. The predicted molar refractivity (Wildman–Crippen MR) is 76.5 cm³/mol. The number of carboxylic acid groups (broad SMARTS) is 1. The molecule has 114 valence electrons. The summed E-state index contributed by atoms with van der Waals surface area (Å²) in [6, 6.07) is 0.288. The van der Waals surface area contributed by atoms with Gasteiger partial charge in [0.15, 0.2) is 0 Å². The molecule has 20 heavy (non-hydrogen) atoms. The Hall–Kier alpha value is -1.26. The molecule has 1 saturated heterocycles. The van der Waals surface area contributed by atoms with Crippen LogP contribution in [0, 0.1) is 11.8 Å². The molecule has 2 amide bonds. The van der Waals surface area contributed by atoms with Crippen LogP contribution in [0.1, 0.15) is 52.4 Å². The van der Waals surface area contributed by atoms with Crippen LogP contribution < -0.4 is 5.32 Å². The Labute approximate surface area is 120 Å². The lowest BCUT2D eigenvalue weighted by Gasteiger charge is -2.38. The Morgan fingerprint density at radius 1 is 1.10 bits per heavy atom. The SMILES string of the molecule is CC1CCC(NC(=O)N2CCC(C(=O)O)CC2C)CC1. The monoisotopic (exact) mass is 282 g/mol. The molecule has 0 radical (unpaired) electrons. The first-order valence-electron chi connectivity index (χ1n) is 7.77. The normalized spacial score (nSPS) is 34.6. The van der Waals surface area contributed by atoms with Crippen molar-refractivity contribution in [3.05, 3.63) is 0 Å². The Morgan fingerprint density at radius 2 is 1.75 bits per heavy atom. The number of carbonyl (C=O) groups excluding carboxylic acids is 1. The van der Waals surface area contributed by atoms with Crippen LogP contribution in [0.3, 0.4) is 0 Å². The van der Waals surface area contributed by atoms with Gasteiger partial charge in [-0.3, -0.25) is 4.79 Å². The highest BCUT2D eigenvalue weighted by atomic mass is 16.4. The van der Waals surface area contributed by atoms with Crippen molar-refractivity contribution < 1.29 is 14.7 Å². The number of carbonyl (C=O) groups is 2. The zero-order valence-corrected chi connectivity index (χ0v) is 12.5. The Kier molecular flexibility index (Phi) is 4.89. The number of urea groups is 1. The number of amides is 2. The van der Waals surface area contributed by atoms with Crippen molar-refractivity contribution >= 4 is 12.0 Å². The van der Waals surface area contributed by atoms with Gasteiger partial charge in [0.2, 0.25) is 0 Å². The summed E-state index contributed by atoms with van der Waals surface area (Å²) in [6.45, 7) is 4.75. The predicted octanol–water partition coefficient (Wildman–Crippen LogP) is 2.46. The van der Waals surface area contributed by atoms with Crippen LogP contribution in [0.25, 0.3) is 0 Å². The summed E-state index contributed by atoms with van der Waals surface area (Å²) in [5.74, 6) is -0.267. The van der Waals surface area contributed by atoms with Crippen LogP contribution in [-0.2, 0) is 4.79 Å². The number of nitrogens with one attached hydrogen (secondary N) is 1. The summed E-state index contributed by atoms with van der Waals surface area (Å²) in [5, 5.41) is 12.2.